The highest BCUT2D eigenvalue weighted by Crippen LogP contribution is 2.46. The molecule has 0 unspecified atom stereocenters. The Morgan fingerprint density at radius 3 is 1.70 bits per heavy atom. The van der Waals surface area contributed by atoms with Gasteiger partial charge in [-0.05, 0) is 49.6 Å². The molecule has 0 saturated carbocycles. The van der Waals surface area contributed by atoms with Crippen LogP contribution in [0.4, 0.5) is 0 Å². The highest BCUT2D eigenvalue weighted by Gasteiger charge is 2.49. The Kier molecular flexibility index (Phi) is 13.2. The van der Waals surface area contributed by atoms with Crippen molar-refractivity contribution in [3.05, 3.63) is 46.8 Å². The lowest BCUT2D eigenvalue weighted by atomic mass is 9.81. The molecule has 3 rings (SSSR count). The molecule has 0 bridgehead atoms. The molecule has 1 aliphatic heterocycles. The topological polar surface area (TPSA) is 102 Å². The quantitative estimate of drug-likeness (QED) is 0.359. The van der Waals surface area contributed by atoms with Crippen LogP contribution in [0.1, 0.15) is 68.6 Å². The van der Waals surface area contributed by atoms with Gasteiger partial charge in [0.1, 0.15) is 0 Å². The molecule has 7 nitrogen and oxygen atoms in total. The largest absolute Gasteiger partial charge is 0.394 e. The van der Waals surface area contributed by atoms with Gasteiger partial charge in [-0.3, -0.25) is 4.79 Å². The first-order valence-corrected chi connectivity index (χ1v) is 14.7. The molecule has 3 heterocycles. The Morgan fingerprint density at radius 1 is 0.892 bits per heavy atom. The minimum absolute atomic E-state index is 0.125. The highest BCUT2D eigenvalue weighted by molar-refractivity contribution is 7.98. The second-order valence-corrected chi connectivity index (χ2v) is 12.3. The zero-order valence-corrected chi connectivity index (χ0v) is 25.6. The van der Waals surface area contributed by atoms with Crippen LogP contribution >= 0.6 is 23.5 Å². The zero-order chi connectivity index (χ0) is 28.4. The molecule has 2 aromatic rings. The van der Waals surface area contributed by atoms with Crippen LogP contribution in [0.25, 0.3) is 0 Å². The van der Waals surface area contributed by atoms with Gasteiger partial charge in [0.2, 0.25) is 5.79 Å². The number of aromatic nitrogens is 2. The number of carbonyl (C=O) groups is 1. The van der Waals surface area contributed by atoms with Crippen LogP contribution in [0.3, 0.4) is 0 Å². The number of rotatable bonds is 5. The number of aliphatic hydroxyl groups is 2. The number of aryl methyl sites for hydroxylation is 2. The molecule has 0 amide bonds. The number of carbonyl (C=O) groups excluding carboxylic acids is 1. The smallest absolute Gasteiger partial charge is 0.201 e. The molecule has 9 heteroatoms. The molecule has 0 atom stereocenters. The van der Waals surface area contributed by atoms with Gasteiger partial charge in [0.05, 0.1) is 36.5 Å². The van der Waals surface area contributed by atoms with Crippen molar-refractivity contribution in [1.29, 1.82) is 0 Å². The van der Waals surface area contributed by atoms with Gasteiger partial charge in [0, 0.05) is 34.4 Å². The zero-order valence-electron chi connectivity index (χ0n) is 24.0. The number of Topliss-reactive ketones (excluding diaryl/α,β-unsaturated/α-hetero) is 1. The van der Waals surface area contributed by atoms with E-state index in [1.165, 1.54) is 5.56 Å². The minimum Gasteiger partial charge on any atom is -0.394 e. The number of ketones is 1. The van der Waals surface area contributed by atoms with Crippen LogP contribution in [0.2, 0.25) is 0 Å². The van der Waals surface area contributed by atoms with E-state index in [9.17, 15) is 4.79 Å². The normalized spacial score (nSPS) is 14.8. The van der Waals surface area contributed by atoms with E-state index in [1.807, 2.05) is 52.5 Å². The van der Waals surface area contributed by atoms with Crippen molar-refractivity contribution in [2.24, 2.45) is 10.8 Å². The third-order valence-corrected chi connectivity index (χ3v) is 7.18. The molecule has 0 spiro atoms. The van der Waals surface area contributed by atoms with Crippen LogP contribution in [-0.4, -0.2) is 64.9 Å². The number of hydrogen-bond donors (Lipinski definition) is 2. The van der Waals surface area contributed by atoms with Gasteiger partial charge in [0.25, 0.3) is 0 Å². The molecule has 0 aliphatic carbocycles. The van der Waals surface area contributed by atoms with E-state index in [-0.39, 0.29) is 29.8 Å². The molecule has 2 N–H and O–H groups in total. The summed E-state index contributed by atoms with van der Waals surface area (Å²) in [5, 5.41) is 17.3. The van der Waals surface area contributed by atoms with E-state index in [0.717, 1.165) is 21.2 Å². The lowest BCUT2D eigenvalue weighted by Gasteiger charge is -2.39. The van der Waals surface area contributed by atoms with Crippen LogP contribution in [0.5, 0.6) is 0 Å². The fourth-order valence-corrected chi connectivity index (χ4v) is 4.81. The van der Waals surface area contributed by atoms with Gasteiger partial charge in [-0.2, -0.15) is 0 Å². The van der Waals surface area contributed by atoms with E-state index < -0.39 is 5.79 Å². The molecule has 1 aliphatic rings. The third-order valence-electron chi connectivity index (χ3n) is 5.55. The lowest BCUT2D eigenvalue weighted by molar-refractivity contribution is -0.232. The number of aliphatic hydroxyl groups excluding tert-OH is 2. The van der Waals surface area contributed by atoms with Gasteiger partial charge >= 0.3 is 0 Å². The predicted molar refractivity (Wildman–Crippen MR) is 153 cm³/mol. The van der Waals surface area contributed by atoms with E-state index in [2.05, 4.69) is 43.7 Å². The fourth-order valence-electron chi connectivity index (χ4n) is 3.73. The van der Waals surface area contributed by atoms with E-state index in [1.54, 1.807) is 29.7 Å². The van der Waals surface area contributed by atoms with E-state index in [4.69, 9.17) is 19.7 Å². The minimum atomic E-state index is -0.665. The summed E-state index contributed by atoms with van der Waals surface area (Å²) >= 11 is 3.26. The number of ether oxygens (including phenoxy) is 2. The van der Waals surface area contributed by atoms with Crippen molar-refractivity contribution < 1.29 is 24.5 Å². The third kappa shape index (κ3) is 9.04. The van der Waals surface area contributed by atoms with Gasteiger partial charge in [0.15, 0.2) is 5.78 Å². The highest BCUT2D eigenvalue weighted by atomic mass is 32.2. The van der Waals surface area contributed by atoms with Gasteiger partial charge in [-0.25, -0.2) is 9.97 Å². The SMILES string of the molecule is CSc1ncc(C(=O)C(C)(C)C)cc1C.CSc1ncc(C2(C(C)(C)C)OCCO2)cc1C.OCCO. The molecule has 2 aromatic heterocycles. The Labute approximate surface area is 231 Å². The maximum absolute atomic E-state index is 12.0. The number of hydrogen-bond acceptors (Lipinski definition) is 9. The van der Waals surface area contributed by atoms with Crippen molar-refractivity contribution in [2.75, 3.05) is 38.9 Å². The molecule has 0 radical (unpaired) electrons. The monoisotopic (exact) mass is 552 g/mol. The summed E-state index contributed by atoms with van der Waals surface area (Å²) in [4.78, 5) is 20.7. The molecule has 0 aromatic carbocycles. The Balaban J connectivity index is 0.000000328. The molecule has 37 heavy (non-hydrogen) atoms. The average Bonchev–Trinajstić information content (AvgIpc) is 3.35. The maximum atomic E-state index is 12.0. The second kappa shape index (κ2) is 14.6. The lowest BCUT2D eigenvalue weighted by Crippen LogP contribution is -2.41. The Bertz CT molecular complexity index is 1010. The van der Waals surface area contributed by atoms with Crippen molar-refractivity contribution in [3.63, 3.8) is 0 Å². The summed E-state index contributed by atoms with van der Waals surface area (Å²) in [6.07, 6.45) is 7.58. The van der Waals surface area contributed by atoms with Crippen LogP contribution < -0.4 is 0 Å². The Hall–Kier alpha value is -1.49. The van der Waals surface area contributed by atoms with Crippen molar-refractivity contribution >= 4 is 29.3 Å². The maximum Gasteiger partial charge on any atom is 0.201 e. The first-order valence-electron chi connectivity index (χ1n) is 12.2. The summed E-state index contributed by atoms with van der Waals surface area (Å²) in [6.45, 7) is 17.3. The first-order chi connectivity index (χ1) is 17.2. The first kappa shape index (κ1) is 33.5. The van der Waals surface area contributed by atoms with Crippen molar-refractivity contribution in [2.45, 2.75) is 71.2 Å². The number of nitrogens with zero attached hydrogens (tertiary/aromatic N) is 2. The van der Waals surface area contributed by atoms with Crippen LogP contribution in [0, 0.1) is 24.7 Å². The molecular formula is C28H44N2O5S2. The Morgan fingerprint density at radius 2 is 1.35 bits per heavy atom. The second-order valence-electron chi connectivity index (χ2n) is 10.7. The summed E-state index contributed by atoms with van der Waals surface area (Å²) < 4.78 is 11.9. The van der Waals surface area contributed by atoms with Crippen molar-refractivity contribution in [3.8, 4) is 0 Å². The fraction of sp³-hybridized carbons (Fsp3) is 0.607. The van der Waals surface area contributed by atoms with Gasteiger partial charge < -0.3 is 19.7 Å². The van der Waals surface area contributed by atoms with Gasteiger partial charge in [-0.15, -0.1) is 23.5 Å². The molecule has 1 saturated heterocycles. The molecular weight excluding hydrogens is 508 g/mol. The predicted octanol–water partition coefficient (Wildman–Crippen LogP) is 5.67. The summed E-state index contributed by atoms with van der Waals surface area (Å²) in [7, 11) is 0. The summed E-state index contributed by atoms with van der Waals surface area (Å²) in [6, 6.07) is 4.06. The number of thioether (sulfide) groups is 2. The van der Waals surface area contributed by atoms with Crippen LogP contribution in [0.15, 0.2) is 34.6 Å². The van der Waals surface area contributed by atoms with E-state index >= 15 is 0 Å². The molecule has 1 fully saturated rings. The summed E-state index contributed by atoms with van der Waals surface area (Å²) in [5.74, 6) is -0.521. The van der Waals surface area contributed by atoms with E-state index in [0.29, 0.717) is 18.8 Å². The van der Waals surface area contributed by atoms with Gasteiger partial charge in [-0.1, -0.05) is 41.5 Å². The molecule has 208 valence electrons. The van der Waals surface area contributed by atoms with Crippen LogP contribution in [-0.2, 0) is 15.3 Å². The number of pyridine rings is 2. The standard InChI is InChI=1S/C14H21NO2S.C12H17NOS.C2H6O2/c1-10-8-11(9-15-12(10)18-5)14(13(2,3)4)16-6-7-17-14;1-8-6-9(7-13-11(8)15-5)10(14)12(2,3)4;3-1-2-4/h8-9H,6-7H2,1-5H3;6-7H,1-5H3;3-4H,1-2H2. The summed E-state index contributed by atoms with van der Waals surface area (Å²) in [5.41, 5.74) is 3.49. The van der Waals surface area contributed by atoms with Crippen molar-refractivity contribution in [1.82, 2.24) is 9.97 Å². The average molecular weight is 553 g/mol.